The zero-order chi connectivity index (χ0) is 13.1. The van der Waals surface area contributed by atoms with E-state index >= 15 is 0 Å². The van der Waals surface area contributed by atoms with E-state index in [1.807, 2.05) is 7.05 Å². The molecule has 1 rings (SSSR count). The number of likely N-dealkylation sites (N-methyl/N-ethyl adjacent to an activating group) is 1. The third-order valence-corrected chi connectivity index (χ3v) is 3.40. The van der Waals surface area contributed by atoms with Crippen LogP contribution in [0.15, 0.2) is 24.3 Å². The second kappa shape index (κ2) is 5.65. The minimum atomic E-state index is -0.0838. The van der Waals surface area contributed by atoms with Gasteiger partial charge in [-0.15, -0.1) is 0 Å². The maximum atomic E-state index is 6.27. The first kappa shape index (κ1) is 14.2. The first-order chi connectivity index (χ1) is 7.86. The minimum Gasteiger partial charge on any atom is -0.322 e. The Labute approximate surface area is 106 Å². The van der Waals surface area contributed by atoms with Crippen LogP contribution in [-0.4, -0.2) is 12.6 Å². The van der Waals surface area contributed by atoms with Crippen molar-refractivity contribution in [3.05, 3.63) is 35.4 Å². The predicted octanol–water partition coefficient (Wildman–Crippen LogP) is 2.88. The topological polar surface area (TPSA) is 38.0 Å². The van der Waals surface area contributed by atoms with Crippen LogP contribution in [0.3, 0.4) is 0 Å². The van der Waals surface area contributed by atoms with E-state index in [0.29, 0.717) is 5.92 Å². The normalized spacial score (nSPS) is 14.1. The highest BCUT2D eigenvalue weighted by atomic mass is 15.0. The van der Waals surface area contributed by atoms with Crippen molar-refractivity contribution in [1.82, 2.24) is 5.32 Å². The summed E-state index contributed by atoms with van der Waals surface area (Å²) in [4.78, 5) is 0. The lowest BCUT2D eigenvalue weighted by atomic mass is 9.88. The Morgan fingerprint density at radius 3 is 2.12 bits per heavy atom. The lowest BCUT2D eigenvalue weighted by Gasteiger charge is -2.31. The summed E-state index contributed by atoms with van der Waals surface area (Å²) < 4.78 is 0. The zero-order valence-electron chi connectivity index (χ0n) is 11.7. The summed E-state index contributed by atoms with van der Waals surface area (Å²) in [7, 11) is 1.95. The predicted molar refractivity (Wildman–Crippen MR) is 75.1 cm³/mol. The highest BCUT2D eigenvalue weighted by molar-refractivity contribution is 5.27. The van der Waals surface area contributed by atoms with E-state index in [0.717, 1.165) is 6.42 Å². The standard InChI is InChI=1S/C15H26N2/c1-11(2)10-12-6-8-13(9-7-12)14(16)15(3,4)17-5/h6-9,11,14,17H,10,16H2,1-5H3. The lowest BCUT2D eigenvalue weighted by Crippen LogP contribution is -2.46. The molecule has 17 heavy (non-hydrogen) atoms. The molecule has 96 valence electrons. The molecule has 0 saturated carbocycles. The minimum absolute atomic E-state index is 0.0144. The van der Waals surface area contributed by atoms with Crippen LogP contribution in [-0.2, 0) is 6.42 Å². The molecule has 0 radical (unpaired) electrons. The van der Waals surface area contributed by atoms with Crippen molar-refractivity contribution < 1.29 is 0 Å². The molecule has 0 aliphatic heterocycles. The van der Waals surface area contributed by atoms with Gasteiger partial charge in [-0.1, -0.05) is 38.1 Å². The Bertz CT molecular complexity index is 338. The van der Waals surface area contributed by atoms with E-state index in [1.165, 1.54) is 11.1 Å². The Morgan fingerprint density at radius 1 is 1.18 bits per heavy atom. The van der Waals surface area contributed by atoms with E-state index in [2.05, 4.69) is 57.3 Å². The number of nitrogens with two attached hydrogens (primary N) is 1. The van der Waals surface area contributed by atoms with Gasteiger partial charge in [0.25, 0.3) is 0 Å². The van der Waals surface area contributed by atoms with Gasteiger partial charge in [0.1, 0.15) is 0 Å². The summed E-state index contributed by atoms with van der Waals surface area (Å²) in [5.74, 6) is 0.697. The van der Waals surface area contributed by atoms with Gasteiger partial charge in [-0.25, -0.2) is 0 Å². The van der Waals surface area contributed by atoms with Crippen molar-refractivity contribution in [2.24, 2.45) is 11.7 Å². The molecule has 0 fully saturated rings. The molecule has 0 spiro atoms. The molecule has 0 amide bonds. The van der Waals surface area contributed by atoms with Crippen molar-refractivity contribution >= 4 is 0 Å². The molecule has 1 unspecified atom stereocenters. The van der Waals surface area contributed by atoms with E-state index < -0.39 is 0 Å². The fourth-order valence-corrected chi connectivity index (χ4v) is 1.90. The van der Waals surface area contributed by atoms with E-state index in [1.54, 1.807) is 0 Å². The molecule has 0 saturated heterocycles. The Hall–Kier alpha value is -0.860. The molecule has 0 aliphatic carbocycles. The molecule has 0 aromatic heterocycles. The summed E-state index contributed by atoms with van der Waals surface area (Å²) >= 11 is 0. The van der Waals surface area contributed by atoms with Gasteiger partial charge in [0, 0.05) is 11.6 Å². The van der Waals surface area contributed by atoms with Gasteiger partial charge in [0.05, 0.1) is 0 Å². The number of benzene rings is 1. The quantitative estimate of drug-likeness (QED) is 0.822. The van der Waals surface area contributed by atoms with Crippen LogP contribution in [0.4, 0.5) is 0 Å². The Morgan fingerprint density at radius 2 is 1.71 bits per heavy atom. The Balaban J connectivity index is 2.80. The lowest BCUT2D eigenvalue weighted by molar-refractivity contribution is 0.348. The zero-order valence-corrected chi connectivity index (χ0v) is 11.7. The molecule has 0 aliphatic rings. The molecule has 1 atom stereocenters. The first-order valence-corrected chi connectivity index (χ1v) is 6.40. The summed E-state index contributed by atoms with van der Waals surface area (Å²) in [5.41, 5.74) is 8.77. The number of hydrogen-bond donors (Lipinski definition) is 2. The SMILES string of the molecule is CNC(C)(C)C(N)c1ccc(CC(C)C)cc1. The maximum absolute atomic E-state index is 6.27. The van der Waals surface area contributed by atoms with Crippen LogP contribution < -0.4 is 11.1 Å². The molecular weight excluding hydrogens is 208 g/mol. The fraction of sp³-hybridized carbons (Fsp3) is 0.600. The average molecular weight is 234 g/mol. The third-order valence-electron chi connectivity index (χ3n) is 3.40. The third kappa shape index (κ3) is 3.83. The van der Waals surface area contributed by atoms with Crippen LogP contribution in [0.1, 0.15) is 44.9 Å². The Kier molecular flexibility index (Phi) is 4.72. The number of hydrogen-bond acceptors (Lipinski definition) is 2. The second-order valence-electron chi connectivity index (χ2n) is 5.79. The summed E-state index contributed by atoms with van der Waals surface area (Å²) in [6.07, 6.45) is 1.13. The van der Waals surface area contributed by atoms with E-state index in [4.69, 9.17) is 5.73 Å². The molecule has 3 N–H and O–H groups in total. The van der Waals surface area contributed by atoms with Crippen molar-refractivity contribution in [1.29, 1.82) is 0 Å². The highest BCUT2D eigenvalue weighted by Crippen LogP contribution is 2.23. The highest BCUT2D eigenvalue weighted by Gasteiger charge is 2.25. The number of nitrogens with one attached hydrogen (secondary N) is 1. The van der Waals surface area contributed by atoms with Crippen molar-refractivity contribution in [2.75, 3.05) is 7.05 Å². The number of rotatable bonds is 5. The van der Waals surface area contributed by atoms with E-state index in [-0.39, 0.29) is 11.6 Å². The molecule has 0 bridgehead atoms. The van der Waals surface area contributed by atoms with Crippen LogP contribution in [0, 0.1) is 5.92 Å². The molecule has 1 aromatic carbocycles. The van der Waals surface area contributed by atoms with Gasteiger partial charge >= 0.3 is 0 Å². The monoisotopic (exact) mass is 234 g/mol. The van der Waals surface area contributed by atoms with Crippen molar-refractivity contribution in [3.8, 4) is 0 Å². The van der Waals surface area contributed by atoms with Crippen molar-refractivity contribution in [3.63, 3.8) is 0 Å². The largest absolute Gasteiger partial charge is 0.322 e. The van der Waals surface area contributed by atoms with Gasteiger partial charge in [0.2, 0.25) is 0 Å². The second-order valence-corrected chi connectivity index (χ2v) is 5.79. The molecule has 1 aromatic rings. The molecule has 2 heteroatoms. The van der Waals surface area contributed by atoms with Crippen molar-refractivity contribution in [2.45, 2.75) is 45.7 Å². The molecule has 0 heterocycles. The van der Waals surface area contributed by atoms with E-state index in [9.17, 15) is 0 Å². The summed E-state index contributed by atoms with van der Waals surface area (Å²) in [6.45, 7) is 8.73. The van der Waals surface area contributed by atoms with Crippen LogP contribution >= 0.6 is 0 Å². The van der Waals surface area contributed by atoms with Crippen LogP contribution in [0.5, 0.6) is 0 Å². The van der Waals surface area contributed by atoms with Gasteiger partial charge in [0.15, 0.2) is 0 Å². The van der Waals surface area contributed by atoms with Crippen LogP contribution in [0.2, 0.25) is 0 Å². The van der Waals surface area contributed by atoms with Gasteiger partial charge in [-0.3, -0.25) is 0 Å². The van der Waals surface area contributed by atoms with Gasteiger partial charge in [-0.2, -0.15) is 0 Å². The smallest absolute Gasteiger partial charge is 0.0474 e. The van der Waals surface area contributed by atoms with Crippen LogP contribution in [0.25, 0.3) is 0 Å². The molecular formula is C15H26N2. The van der Waals surface area contributed by atoms with Gasteiger partial charge in [-0.05, 0) is 44.4 Å². The van der Waals surface area contributed by atoms with Gasteiger partial charge < -0.3 is 11.1 Å². The summed E-state index contributed by atoms with van der Waals surface area (Å²) in [5, 5.41) is 3.26. The fourth-order valence-electron chi connectivity index (χ4n) is 1.90. The molecule has 2 nitrogen and oxygen atoms in total. The average Bonchev–Trinajstić information content (AvgIpc) is 2.28. The maximum Gasteiger partial charge on any atom is 0.0474 e. The first-order valence-electron chi connectivity index (χ1n) is 6.40. The summed E-state index contributed by atoms with van der Waals surface area (Å²) in [6, 6.07) is 8.71.